The van der Waals surface area contributed by atoms with E-state index in [0.29, 0.717) is 5.56 Å². The monoisotopic (exact) mass is 376 g/mol. The fourth-order valence-corrected chi connectivity index (χ4v) is 2.55. The van der Waals surface area contributed by atoms with E-state index in [4.69, 9.17) is 10.2 Å². The van der Waals surface area contributed by atoms with E-state index in [1.54, 1.807) is 30.3 Å². The first-order valence-corrected chi connectivity index (χ1v) is 8.24. The Morgan fingerprint density at radius 2 is 1.76 bits per heavy atom. The maximum absolute atomic E-state index is 11.8. The third-order valence-corrected chi connectivity index (χ3v) is 4.03. The van der Waals surface area contributed by atoms with E-state index in [1.807, 2.05) is 0 Å². The Morgan fingerprint density at radius 3 is 2.28 bits per heavy atom. The van der Waals surface area contributed by atoms with Gasteiger partial charge in [-0.2, -0.15) is 8.42 Å². The second kappa shape index (κ2) is 8.96. The van der Waals surface area contributed by atoms with E-state index >= 15 is 0 Å². The number of hydrogen-bond donors (Lipinski definition) is 4. The van der Waals surface area contributed by atoms with Crippen LogP contribution in [0.5, 0.6) is 0 Å². The van der Waals surface area contributed by atoms with Gasteiger partial charge >= 0.3 is 28.2 Å². The van der Waals surface area contributed by atoms with Gasteiger partial charge in [-0.3, -0.25) is 14.8 Å². The van der Waals surface area contributed by atoms with Gasteiger partial charge in [0.2, 0.25) is 0 Å². The van der Waals surface area contributed by atoms with Crippen molar-refractivity contribution in [1.82, 2.24) is 9.19 Å². The van der Waals surface area contributed by atoms with E-state index < -0.39 is 51.6 Å². The summed E-state index contributed by atoms with van der Waals surface area (Å²) in [6, 6.07) is 6.21. The number of rotatable bonds is 9. The lowest BCUT2D eigenvalue weighted by molar-refractivity contribution is -0.152. The molecule has 0 aliphatic rings. The van der Waals surface area contributed by atoms with Crippen molar-refractivity contribution in [3.8, 4) is 0 Å². The predicted molar refractivity (Wildman–Crippen MR) is 80.6 cm³/mol. The number of ether oxygens (including phenoxy) is 1. The predicted octanol–water partition coefficient (Wildman–Crippen LogP) is 0.167. The van der Waals surface area contributed by atoms with Crippen molar-refractivity contribution in [1.29, 1.82) is 0 Å². The quantitative estimate of drug-likeness (QED) is 0.438. The smallest absolute Gasteiger partial charge is 0.422 e. The van der Waals surface area contributed by atoms with Crippen LogP contribution in [0.2, 0.25) is 0 Å². The molecule has 1 aromatic rings. The van der Waals surface area contributed by atoms with E-state index in [2.05, 4.69) is 4.74 Å². The number of carbonyl (C=O) groups is 3. The lowest BCUT2D eigenvalue weighted by Crippen LogP contribution is -2.49. The standard InChI is InChI=1S/C13H16N2O9S/c16-11(17)7-6-10(12(18)19)15(21)25(22,23)14-13(20)24-8-9-4-2-1-3-5-9/h1-5,10,21H,6-8H2,(H,14,20)(H,16,17)(H,18,19)/t10-/m0/s1. The molecular weight excluding hydrogens is 360 g/mol. The maximum atomic E-state index is 11.8. The molecule has 0 spiro atoms. The van der Waals surface area contributed by atoms with Crippen LogP contribution in [0.3, 0.4) is 0 Å². The first-order chi connectivity index (χ1) is 11.6. The number of carboxylic acids is 2. The summed E-state index contributed by atoms with van der Waals surface area (Å²) in [6.07, 6.45) is -2.85. The van der Waals surface area contributed by atoms with Gasteiger partial charge in [0.05, 0.1) is 0 Å². The van der Waals surface area contributed by atoms with E-state index in [9.17, 15) is 28.0 Å². The summed E-state index contributed by atoms with van der Waals surface area (Å²) in [5.74, 6) is -3.17. The minimum Gasteiger partial charge on any atom is -0.481 e. The summed E-state index contributed by atoms with van der Waals surface area (Å²) in [5, 5.41) is 27.0. The summed E-state index contributed by atoms with van der Waals surface area (Å²) >= 11 is 0. The van der Waals surface area contributed by atoms with Crippen molar-refractivity contribution < 1.29 is 43.0 Å². The number of nitrogens with zero attached hydrogens (tertiary/aromatic N) is 1. The number of hydrogen-bond acceptors (Lipinski definition) is 7. The van der Waals surface area contributed by atoms with Crippen LogP contribution in [0.1, 0.15) is 18.4 Å². The fraction of sp³-hybridized carbons (Fsp3) is 0.308. The molecule has 138 valence electrons. The van der Waals surface area contributed by atoms with Gasteiger partial charge in [0.25, 0.3) is 0 Å². The Kier molecular flexibility index (Phi) is 7.29. The molecule has 1 atom stereocenters. The molecule has 0 saturated heterocycles. The molecule has 1 amide bonds. The molecule has 4 N–H and O–H groups in total. The van der Waals surface area contributed by atoms with Crippen LogP contribution in [0, 0.1) is 0 Å². The highest BCUT2D eigenvalue weighted by Crippen LogP contribution is 2.10. The zero-order valence-corrected chi connectivity index (χ0v) is 13.5. The summed E-state index contributed by atoms with van der Waals surface area (Å²) in [4.78, 5) is 33.0. The van der Waals surface area contributed by atoms with Crippen LogP contribution in [-0.2, 0) is 31.1 Å². The molecule has 0 aliphatic heterocycles. The number of carbonyl (C=O) groups excluding carboxylic acids is 1. The number of benzene rings is 1. The van der Waals surface area contributed by atoms with Gasteiger partial charge in [-0.15, -0.1) is 0 Å². The van der Waals surface area contributed by atoms with Crippen LogP contribution >= 0.6 is 0 Å². The number of amides is 1. The van der Waals surface area contributed by atoms with Gasteiger partial charge in [-0.25, -0.2) is 9.52 Å². The Bertz CT molecular complexity index is 720. The van der Waals surface area contributed by atoms with E-state index in [0.717, 1.165) is 0 Å². The van der Waals surface area contributed by atoms with Gasteiger partial charge in [-0.05, 0) is 12.0 Å². The number of hydroxylamine groups is 1. The topological polar surface area (TPSA) is 171 Å². The normalized spacial score (nSPS) is 12.4. The molecule has 0 radical (unpaired) electrons. The number of aliphatic carboxylic acids is 2. The average molecular weight is 376 g/mol. The molecule has 1 rings (SSSR count). The van der Waals surface area contributed by atoms with Crippen molar-refractivity contribution in [2.45, 2.75) is 25.5 Å². The molecule has 0 bridgehead atoms. The summed E-state index contributed by atoms with van der Waals surface area (Å²) < 4.78 is 28.9. The molecular formula is C13H16N2O9S. The highest BCUT2D eigenvalue weighted by atomic mass is 32.2. The van der Waals surface area contributed by atoms with Gasteiger partial charge < -0.3 is 14.9 Å². The third kappa shape index (κ3) is 6.74. The Labute approximate surface area is 142 Å². The molecule has 1 aromatic carbocycles. The van der Waals surface area contributed by atoms with Gasteiger partial charge in [0, 0.05) is 6.42 Å². The highest BCUT2D eigenvalue weighted by Gasteiger charge is 2.35. The zero-order valence-electron chi connectivity index (χ0n) is 12.7. The lowest BCUT2D eigenvalue weighted by Gasteiger charge is -2.21. The second-order valence-electron chi connectivity index (χ2n) is 4.73. The summed E-state index contributed by atoms with van der Waals surface area (Å²) in [6.45, 7) is -0.255. The number of nitrogens with one attached hydrogen (secondary N) is 1. The van der Waals surface area contributed by atoms with Crippen molar-refractivity contribution in [2.75, 3.05) is 0 Å². The highest BCUT2D eigenvalue weighted by molar-refractivity contribution is 7.87. The molecule has 11 nitrogen and oxygen atoms in total. The van der Waals surface area contributed by atoms with Crippen molar-refractivity contribution in [2.24, 2.45) is 0 Å². The average Bonchev–Trinajstić information content (AvgIpc) is 2.53. The van der Waals surface area contributed by atoms with Gasteiger partial charge in [0.1, 0.15) is 6.61 Å². The van der Waals surface area contributed by atoms with Crippen molar-refractivity contribution in [3.63, 3.8) is 0 Å². The van der Waals surface area contributed by atoms with Gasteiger partial charge in [0.15, 0.2) is 6.04 Å². The molecule has 0 heterocycles. The molecule has 12 heteroatoms. The van der Waals surface area contributed by atoms with Crippen molar-refractivity contribution >= 4 is 28.2 Å². The molecule has 0 aromatic heterocycles. The molecule has 0 unspecified atom stereocenters. The largest absolute Gasteiger partial charge is 0.481 e. The molecule has 0 aliphatic carbocycles. The van der Waals surface area contributed by atoms with Crippen LogP contribution in [0.25, 0.3) is 0 Å². The Hall–Kier alpha value is -2.70. The summed E-state index contributed by atoms with van der Waals surface area (Å²) in [5.41, 5.74) is 0.570. The van der Waals surface area contributed by atoms with Crippen LogP contribution < -0.4 is 4.72 Å². The van der Waals surface area contributed by atoms with Crippen LogP contribution in [-0.4, -0.2) is 52.4 Å². The molecule has 25 heavy (non-hydrogen) atoms. The minimum atomic E-state index is -4.97. The fourth-order valence-electron chi connectivity index (χ4n) is 1.66. The van der Waals surface area contributed by atoms with E-state index in [1.165, 1.54) is 4.72 Å². The zero-order chi connectivity index (χ0) is 19.0. The summed E-state index contributed by atoms with van der Waals surface area (Å²) in [7, 11) is -4.97. The van der Waals surface area contributed by atoms with E-state index in [-0.39, 0.29) is 6.61 Å². The maximum Gasteiger partial charge on any atom is 0.422 e. The third-order valence-electron chi connectivity index (χ3n) is 2.85. The first-order valence-electron chi connectivity index (χ1n) is 6.80. The molecule has 0 fully saturated rings. The van der Waals surface area contributed by atoms with Crippen LogP contribution in [0.15, 0.2) is 30.3 Å². The van der Waals surface area contributed by atoms with Crippen LogP contribution in [0.4, 0.5) is 4.79 Å². The SMILES string of the molecule is O=C(O)CC[C@@H](C(=O)O)N(O)S(=O)(=O)NC(=O)OCc1ccccc1. The number of carboxylic acid groups (broad SMARTS) is 2. The van der Waals surface area contributed by atoms with Crippen molar-refractivity contribution in [3.05, 3.63) is 35.9 Å². The second-order valence-corrected chi connectivity index (χ2v) is 6.26. The minimum absolute atomic E-state index is 0.255. The van der Waals surface area contributed by atoms with Gasteiger partial charge in [-0.1, -0.05) is 34.8 Å². The molecule has 0 saturated carbocycles. The Balaban J connectivity index is 2.68. The Morgan fingerprint density at radius 1 is 1.16 bits per heavy atom. The lowest BCUT2D eigenvalue weighted by atomic mass is 10.2. The first kappa shape index (κ1) is 20.3.